The van der Waals surface area contributed by atoms with Crippen molar-refractivity contribution in [3.63, 3.8) is 0 Å². The van der Waals surface area contributed by atoms with Crippen LogP contribution < -0.4 is 0 Å². The van der Waals surface area contributed by atoms with E-state index in [1.54, 1.807) is 0 Å². The van der Waals surface area contributed by atoms with Gasteiger partial charge in [-0.05, 0) is 24.7 Å². The first-order valence-corrected chi connectivity index (χ1v) is 8.24. The normalized spacial score (nSPS) is 14.7. The van der Waals surface area contributed by atoms with Gasteiger partial charge in [0, 0.05) is 0 Å². The van der Waals surface area contributed by atoms with Crippen LogP contribution in [0.2, 0.25) is 0 Å². The van der Waals surface area contributed by atoms with Crippen LogP contribution >= 0.6 is 0 Å². The van der Waals surface area contributed by atoms with Crippen LogP contribution in [-0.4, -0.2) is 6.67 Å². The molecule has 0 nitrogen and oxygen atoms in total. The molecule has 1 atom stereocenters. The maximum absolute atomic E-state index is 12.7. The van der Waals surface area contributed by atoms with Gasteiger partial charge in [0.25, 0.3) is 0 Å². The predicted octanol–water partition coefficient (Wildman–Crippen LogP) is 6.68. The average molecular weight is 258 g/mol. The molecule has 0 saturated heterocycles. The molecule has 0 radical (unpaired) electrons. The molecule has 0 aliphatic heterocycles. The van der Waals surface area contributed by atoms with Gasteiger partial charge >= 0.3 is 0 Å². The van der Waals surface area contributed by atoms with E-state index < -0.39 is 0 Å². The van der Waals surface area contributed by atoms with E-state index in [1.807, 2.05) is 0 Å². The third kappa shape index (κ3) is 9.91. The van der Waals surface area contributed by atoms with Gasteiger partial charge in [-0.3, -0.25) is 4.39 Å². The summed E-state index contributed by atoms with van der Waals surface area (Å²) in [7, 11) is 0. The molecular formula is C17H35F. The minimum atomic E-state index is -0.140. The Bertz CT molecular complexity index is 167. The summed E-state index contributed by atoms with van der Waals surface area (Å²) in [5.74, 6) is 0. The zero-order valence-electron chi connectivity index (χ0n) is 13.1. The molecule has 0 aromatic rings. The lowest BCUT2D eigenvalue weighted by Crippen LogP contribution is -2.17. The van der Waals surface area contributed by atoms with Gasteiger partial charge in [-0.2, -0.15) is 0 Å². The van der Waals surface area contributed by atoms with Gasteiger partial charge in [0.15, 0.2) is 0 Å². The summed E-state index contributed by atoms with van der Waals surface area (Å²) >= 11 is 0. The Labute approximate surface area is 115 Å². The van der Waals surface area contributed by atoms with Crippen molar-refractivity contribution in [1.82, 2.24) is 0 Å². The van der Waals surface area contributed by atoms with E-state index in [-0.39, 0.29) is 12.1 Å². The van der Waals surface area contributed by atoms with Gasteiger partial charge in [-0.1, -0.05) is 78.6 Å². The summed E-state index contributed by atoms with van der Waals surface area (Å²) in [6.45, 7) is 6.66. The lowest BCUT2D eigenvalue weighted by Gasteiger charge is -2.29. The number of halogens is 1. The molecule has 0 fully saturated rings. The highest BCUT2D eigenvalue weighted by molar-refractivity contribution is 4.74. The first-order chi connectivity index (χ1) is 8.68. The molecule has 0 aliphatic rings. The van der Waals surface area contributed by atoms with Crippen LogP contribution in [0.25, 0.3) is 0 Å². The topological polar surface area (TPSA) is 0 Å². The Morgan fingerprint density at radius 2 is 1.11 bits per heavy atom. The standard InChI is InChI=1S/C17H35F/c1-4-6-8-10-12-14-17(3,15-16-18)13-11-9-7-5-2/h4-16H2,1-3H3. The fraction of sp³-hybridized carbons (Fsp3) is 1.00. The van der Waals surface area contributed by atoms with Crippen molar-refractivity contribution >= 4 is 0 Å². The van der Waals surface area contributed by atoms with E-state index in [4.69, 9.17) is 0 Å². The Kier molecular flexibility index (Phi) is 11.9. The summed E-state index contributed by atoms with van der Waals surface area (Å²) in [6.07, 6.45) is 15.1. The number of hydrogen-bond donors (Lipinski definition) is 0. The Hall–Kier alpha value is -0.0700. The summed E-state index contributed by atoms with van der Waals surface area (Å²) < 4.78 is 12.7. The molecule has 0 aromatic heterocycles. The zero-order valence-corrected chi connectivity index (χ0v) is 13.1. The molecule has 0 amide bonds. The van der Waals surface area contributed by atoms with E-state index in [9.17, 15) is 4.39 Å². The monoisotopic (exact) mass is 258 g/mol. The lowest BCUT2D eigenvalue weighted by atomic mass is 9.77. The van der Waals surface area contributed by atoms with Crippen molar-refractivity contribution in [2.24, 2.45) is 5.41 Å². The summed E-state index contributed by atoms with van der Waals surface area (Å²) in [5.41, 5.74) is 0.273. The quantitative estimate of drug-likeness (QED) is 0.323. The Morgan fingerprint density at radius 3 is 1.56 bits per heavy atom. The third-order valence-electron chi connectivity index (χ3n) is 4.22. The molecule has 0 rings (SSSR count). The van der Waals surface area contributed by atoms with Gasteiger partial charge in [-0.15, -0.1) is 0 Å². The smallest absolute Gasteiger partial charge is 0.0899 e. The van der Waals surface area contributed by atoms with Gasteiger partial charge in [0.05, 0.1) is 6.67 Å². The highest BCUT2D eigenvalue weighted by atomic mass is 19.1. The minimum absolute atomic E-state index is 0.140. The number of unbranched alkanes of at least 4 members (excludes halogenated alkanes) is 7. The minimum Gasteiger partial charge on any atom is -0.251 e. The van der Waals surface area contributed by atoms with Crippen molar-refractivity contribution in [2.45, 2.75) is 97.8 Å². The molecule has 0 bridgehead atoms. The van der Waals surface area contributed by atoms with Gasteiger partial charge in [-0.25, -0.2) is 0 Å². The van der Waals surface area contributed by atoms with Gasteiger partial charge in [0.1, 0.15) is 0 Å². The number of hydrogen-bond acceptors (Lipinski definition) is 0. The maximum Gasteiger partial charge on any atom is 0.0899 e. The molecule has 0 spiro atoms. The molecule has 110 valence electrons. The van der Waals surface area contributed by atoms with E-state index in [0.29, 0.717) is 0 Å². The van der Waals surface area contributed by atoms with Crippen molar-refractivity contribution in [3.05, 3.63) is 0 Å². The first-order valence-electron chi connectivity index (χ1n) is 8.24. The third-order valence-corrected chi connectivity index (χ3v) is 4.22. The average Bonchev–Trinajstić information content (AvgIpc) is 2.35. The van der Waals surface area contributed by atoms with Crippen molar-refractivity contribution < 1.29 is 4.39 Å². The highest BCUT2D eigenvalue weighted by Gasteiger charge is 2.22. The predicted molar refractivity (Wildman–Crippen MR) is 80.8 cm³/mol. The Morgan fingerprint density at radius 1 is 0.667 bits per heavy atom. The SMILES string of the molecule is CCCCCCCC(C)(CCF)CCCCCC. The fourth-order valence-corrected chi connectivity index (χ4v) is 2.74. The van der Waals surface area contributed by atoms with Gasteiger partial charge in [0.2, 0.25) is 0 Å². The van der Waals surface area contributed by atoms with Gasteiger partial charge < -0.3 is 0 Å². The molecular weight excluding hydrogens is 223 g/mol. The molecule has 0 aromatic carbocycles. The Balaban J connectivity index is 3.78. The van der Waals surface area contributed by atoms with Crippen molar-refractivity contribution in [1.29, 1.82) is 0 Å². The molecule has 0 aliphatic carbocycles. The fourth-order valence-electron chi connectivity index (χ4n) is 2.74. The molecule has 1 unspecified atom stereocenters. The van der Waals surface area contributed by atoms with Crippen molar-refractivity contribution in [3.8, 4) is 0 Å². The second-order valence-corrected chi connectivity index (χ2v) is 6.22. The summed E-state index contributed by atoms with van der Waals surface area (Å²) in [5, 5.41) is 0. The van der Waals surface area contributed by atoms with E-state index in [1.165, 1.54) is 70.6 Å². The molecule has 0 heterocycles. The summed E-state index contributed by atoms with van der Waals surface area (Å²) in [4.78, 5) is 0. The van der Waals surface area contributed by atoms with Crippen LogP contribution in [-0.2, 0) is 0 Å². The zero-order chi connectivity index (χ0) is 13.7. The number of rotatable bonds is 13. The summed E-state index contributed by atoms with van der Waals surface area (Å²) in [6, 6.07) is 0. The lowest BCUT2D eigenvalue weighted by molar-refractivity contribution is 0.208. The molecule has 0 N–H and O–H groups in total. The van der Waals surface area contributed by atoms with Crippen LogP contribution in [0.15, 0.2) is 0 Å². The van der Waals surface area contributed by atoms with Crippen LogP contribution in [0.1, 0.15) is 97.8 Å². The van der Waals surface area contributed by atoms with E-state index in [2.05, 4.69) is 20.8 Å². The maximum atomic E-state index is 12.7. The van der Waals surface area contributed by atoms with Crippen LogP contribution in [0, 0.1) is 5.41 Å². The van der Waals surface area contributed by atoms with E-state index >= 15 is 0 Å². The second kappa shape index (κ2) is 12.0. The molecule has 1 heteroatoms. The van der Waals surface area contributed by atoms with E-state index in [0.717, 1.165) is 6.42 Å². The van der Waals surface area contributed by atoms with Crippen LogP contribution in [0.4, 0.5) is 4.39 Å². The largest absolute Gasteiger partial charge is 0.251 e. The van der Waals surface area contributed by atoms with Crippen LogP contribution in [0.5, 0.6) is 0 Å². The number of alkyl halides is 1. The van der Waals surface area contributed by atoms with Crippen molar-refractivity contribution in [2.75, 3.05) is 6.67 Å². The first kappa shape index (κ1) is 17.9. The second-order valence-electron chi connectivity index (χ2n) is 6.22. The molecule has 0 saturated carbocycles. The molecule has 18 heavy (non-hydrogen) atoms. The van der Waals surface area contributed by atoms with Crippen LogP contribution in [0.3, 0.4) is 0 Å². The highest BCUT2D eigenvalue weighted by Crippen LogP contribution is 2.34.